The van der Waals surface area contributed by atoms with Crippen LogP contribution < -0.4 is 18.9 Å². The number of benzene rings is 1. The molecule has 0 aromatic heterocycles. The van der Waals surface area contributed by atoms with E-state index in [9.17, 15) is 4.39 Å². The van der Waals surface area contributed by atoms with E-state index in [0.717, 1.165) is 5.56 Å². The summed E-state index contributed by atoms with van der Waals surface area (Å²) in [5.41, 5.74) is 1.03. The SMILES string of the molecule is Cc1c[c-]c(F)cc1.[Li+]. The zero-order valence-electron chi connectivity index (χ0n) is 5.61. The number of halogens is 1. The van der Waals surface area contributed by atoms with Crippen LogP contribution in [-0.2, 0) is 0 Å². The summed E-state index contributed by atoms with van der Waals surface area (Å²) in [6.07, 6.45) is 0. The minimum atomic E-state index is -0.296. The van der Waals surface area contributed by atoms with Crippen LogP contribution in [-0.4, -0.2) is 0 Å². The Labute approximate surface area is 66.3 Å². The van der Waals surface area contributed by atoms with Crippen LogP contribution in [0.4, 0.5) is 4.39 Å². The monoisotopic (exact) mass is 116 g/mol. The van der Waals surface area contributed by atoms with Gasteiger partial charge in [0.2, 0.25) is 0 Å². The molecule has 1 rings (SSSR count). The molecule has 0 aliphatic heterocycles. The molecule has 0 amide bonds. The number of hydrogen-bond acceptors (Lipinski definition) is 0. The molecule has 42 valence electrons. The van der Waals surface area contributed by atoms with Crippen LogP contribution in [0, 0.1) is 18.8 Å². The summed E-state index contributed by atoms with van der Waals surface area (Å²) in [6, 6.07) is 7.17. The predicted molar refractivity (Wildman–Crippen MR) is 30.0 cm³/mol. The minimum absolute atomic E-state index is 0. The normalized spacial score (nSPS) is 8.22. The van der Waals surface area contributed by atoms with E-state index in [2.05, 4.69) is 6.07 Å². The van der Waals surface area contributed by atoms with E-state index in [-0.39, 0.29) is 24.7 Å². The van der Waals surface area contributed by atoms with Crippen molar-refractivity contribution in [2.75, 3.05) is 0 Å². The fourth-order valence-electron chi connectivity index (χ4n) is 0.484. The molecule has 0 saturated carbocycles. The van der Waals surface area contributed by atoms with Crippen LogP contribution in [0.15, 0.2) is 18.2 Å². The summed E-state index contributed by atoms with van der Waals surface area (Å²) in [5, 5.41) is 0. The van der Waals surface area contributed by atoms with Crippen LogP contribution >= 0.6 is 0 Å². The second kappa shape index (κ2) is 3.71. The van der Waals surface area contributed by atoms with Gasteiger partial charge in [-0.2, -0.15) is 17.7 Å². The van der Waals surface area contributed by atoms with Crippen molar-refractivity contribution < 1.29 is 23.3 Å². The van der Waals surface area contributed by atoms with Gasteiger partial charge >= 0.3 is 18.9 Å². The minimum Gasteiger partial charge on any atom is -0.236 e. The average molecular weight is 116 g/mol. The topological polar surface area (TPSA) is 0 Å². The molecular weight excluding hydrogens is 110 g/mol. The van der Waals surface area contributed by atoms with Crippen molar-refractivity contribution in [3.05, 3.63) is 35.6 Å². The zero-order chi connectivity index (χ0) is 5.98. The third kappa shape index (κ3) is 2.69. The Bertz CT molecular complexity index is 148. The molecule has 0 heterocycles. The number of aryl methyl sites for hydroxylation is 1. The van der Waals surface area contributed by atoms with Gasteiger partial charge < -0.3 is 0 Å². The molecule has 9 heavy (non-hydrogen) atoms. The molecule has 2 heteroatoms. The summed E-state index contributed by atoms with van der Waals surface area (Å²) in [7, 11) is 0. The van der Waals surface area contributed by atoms with Crippen molar-refractivity contribution in [1.82, 2.24) is 0 Å². The van der Waals surface area contributed by atoms with E-state index in [1.165, 1.54) is 6.07 Å². The van der Waals surface area contributed by atoms with Crippen LogP contribution in [0.5, 0.6) is 0 Å². The first-order valence-electron chi connectivity index (χ1n) is 2.43. The van der Waals surface area contributed by atoms with E-state index >= 15 is 0 Å². The van der Waals surface area contributed by atoms with Crippen molar-refractivity contribution >= 4 is 0 Å². The predicted octanol–water partition coefficient (Wildman–Crippen LogP) is -1.06. The molecule has 0 unspecified atom stereocenters. The Balaban J connectivity index is 0.000000640. The summed E-state index contributed by atoms with van der Waals surface area (Å²) < 4.78 is 12.0. The molecule has 0 bridgehead atoms. The first kappa shape index (κ1) is 8.75. The molecule has 0 saturated heterocycles. The quantitative estimate of drug-likeness (QED) is 0.299. The molecule has 0 aliphatic rings. The van der Waals surface area contributed by atoms with Crippen LogP contribution in [0.3, 0.4) is 0 Å². The van der Waals surface area contributed by atoms with Gasteiger partial charge in [-0.25, -0.2) is 4.39 Å². The van der Waals surface area contributed by atoms with Crippen molar-refractivity contribution in [2.24, 2.45) is 0 Å². The maximum absolute atomic E-state index is 12.0. The Kier molecular flexibility index (Phi) is 3.61. The number of hydrogen-bond donors (Lipinski definition) is 0. The van der Waals surface area contributed by atoms with Gasteiger partial charge in [0.05, 0.1) is 0 Å². The molecule has 0 nitrogen and oxygen atoms in total. The molecule has 0 fully saturated rings. The van der Waals surface area contributed by atoms with Gasteiger partial charge in [0.15, 0.2) is 0 Å². The molecular formula is C7H6FLi. The third-order valence-corrected chi connectivity index (χ3v) is 0.930. The maximum atomic E-state index is 12.0. The Morgan fingerprint density at radius 3 is 2.44 bits per heavy atom. The fraction of sp³-hybridized carbons (Fsp3) is 0.143. The average Bonchev–Trinajstić information content (AvgIpc) is 1.77. The maximum Gasteiger partial charge on any atom is 1.00 e. The Morgan fingerprint density at radius 1 is 1.44 bits per heavy atom. The zero-order valence-corrected chi connectivity index (χ0v) is 5.61. The summed E-state index contributed by atoms with van der Waals surface area (Å²) in [6.45, 7) is 1.90. The molecule has 1 aromatic rings. The first-order valence-corrected chi connectivity index (χ1v) is 2.43. The second-order valence-corrected chi connectivity index (χ2v) is 1.71. The van der Waals surface area contributed by atoms with Gasteiger partial charge in [-0.3, -0.25) is 0 Å². The van der Waals surface area contributed by atoms with E-state index in [0.29, 0.717) is 0 Å². The summed E-state index contributed by atoms with van der Waals surface area (Å²) in [4.78, 5) is 0. The fourth-order valence-corrected chi connectivity index (χ4v) is 0.484. The summed E-state index contributed by atoms with van der Waals surface area (Å²) in [5.74, 6) is -0.296. The van der Waals surface area contributed by atoms with Crippen molar-refractivity contribution in [2.45, 2.75) is 6.92 Å². The van der Waals surface area contributed by atoms with Crippen molar-refractivity contribution in [3.8, 4) is 0 Å². The van der Waals surface area contributed by atoms with Crippen LogP contribution in [0.25, 0.3) is 0 Å². The molecule has 0 N–H and O–H groups in total. The van der Waals surface area contributed by atoms with E-state index < -0.39 is 0 Å². The second-order valence-electron chi connectivity index (χ2n) is 1.71. The van der Waals surface area contributed by atoms with Crippen molar-refractivity contribution in [3.63, 3.8) is 0 Å². The van der Waals surface area contributed by atoms with Gasteiger partial charge in [-0.1, -0.05) is 6.92 Å². The Hall–Kier alpha value is -0.253. The molecule has 1 aromatic carbocycles. The van der Waals surface area contributed by atoms with E-state index in [4.69, 9.17) is 0 Å². The molecule has 0 radical (unpaired) electrons. The van der Waals surface area contributed by atoms with E-state index in [1.54, 1.807) is 12.1 Å². The summed E-state index contributed by atoms with van der Waals surface area (Å²) >= 11 is 0. The first-order chi connectivity index (χ1) is 3.79. The standard InChI is InChI=1S/C7H6F.Li/c1-6-2-4-7(8)5-3-6;/h2-4H,1H3;/q-1;+1. The smallest absolute Gasteiger partial charge is 0.236 e. The third-order valence-electron chi connectivity index (χ3n) is 0.930. The molecule has 0 spiro atoms. The molecule has 0 aliphatic carbocycles. The van der Waals surface area contributed by atoms with Crippen LogP contribution in [0.2, 0.25) is 0 Å². The van der Waals surface area contributed by atoms with Crippen LogP contribution in [0.1, 0.15) is 5.56 Å². The van der Waals surface area contributed by atoms with Gasteiger partial charge in [0, 0.05) is 5.82 Å². The van der Waals surface area contributed by atoms with Gasteiger partial charge in [0.25, 0.3) is 0 Å². The molecule has 0 atom stereocenters. The van der Waals surface area contributed by atoms with Crippen molar-refractivity contribution in [1.29, 1.82) is 0 Å². The van der Waals surface area contributed by atoms with Gasteiger partial charge in [-0.05, 0) is 0 Å². The van der Waals surface area contributed by atoms with Gasteiger partial charge in [-0.15, -0.1) is 12.1 Å². The Morgan fingerprint density at radius 2 is 2.11 bits per heavy atom. The largest absolute Gasteiger partial charge is 1.00 e. The van der Waals surface area contributed by atoms with Gasteiger partial charge in [0.1, 0.15) is 0 Å². The van der Waals surface area contributed by atoms with E-state index in [1.807, 2.05) is 6.92 Å². The number of rotatable bonds is 0.